The number of carbonyl (C=O) groups is 1. The molecule has 5 nitrogen and oxygen atoms in total. The molecule has 1 amide bonds. The standard InChI is InChI=1S/C16H21N3O2/c1-10-14-9-17-19-15(14)7-8-16(10)21-13-5-3-12(4-6-13)18-11(2)20/h7-9,12-13H,3-6H2,1-2H3,(H,17,19)(H,18,20). The number of rotatable bonds is 3. The minimum atomic E-state index is 0.0561. The van der Waals surface area contributed by atoms with Gasteiger partial charge in [-0.25, -0.2) is 0 Å². The van der Waals surface area contributed by atoms with Gasteiger partial charge in [-0.1, -0.05) is 0 Å². The number of aromatic amines is 1. The average Bonchev–Trinajstić information content (AvgIpc) is 2.93. The minimum absolute atomic E-state index is 0.0561. The number of H-pyrrole nitrogens is 1. The number of aromatic nitrogens is 2. The smallest absolute Gasteiger partial charge is 0.217 e. The van der Waals surface area contributed by atoms with Crippen molar-refractivity contribution in [1.82, 2.24) is 15.5 Å². The van der Waals surface area contributed by atoms with Crippen molar-refractivity contribution in [1.29, 1.82) is 0 Å². The second kappa shape index (κ2) is 5.76. The molecular weight excluding hydrogens is 266 g/mol. The normalized spacial score (nSPS) is 22.2. The van der Waals surface area contributed by atoms with E-state index in [4.69, 9.17) is 4.74 Å². The molecule has 0 bridgehead atoms. The largest absolute Gasteiger partial charge is 0.490 e. The van der Waals surface area contributed by atoms with Crippen LogP contribution in [0.4, 0.5) is 0 Å². The molecule has 1 heterocycles. The molecule has 0 atom stereocenters. The van der Waals surface area contributed by atoms with Crippen LogP contribution >= 0.6 is 0 Å². The predicted molar refractivity (Wildman–Crippen MR) is 81.3 cm³/mol. The highest BCUT2D eigenvalue weighted by atomic mass is 16.5. The van der Waals surface area contributed by atoms with Gasteiger partial charge in [0.15, 0.2) is 0 Å². The Bertz CT molecular complexity index is 642. The fourth-order valence-electron chi connectivity index (χ4n) is 3.06. The number of aryl methyl sites for hydroxylation is 1. The topological polar surface area (TPSA) is 67.0 Å². The fraction of sp³-hybridized carbons (Fsp3) is 0.500. The van der Waals surface area contributed by atoms with Gasteiger partial charge in [0.2, 0.25) is 5.91 Å². The maximum atomic E-state index is 11.1. The third kappa shape index (κ3) is 3.01. The van der Waals surface area contributed by atoms with E-state index in [1.165, 1.54) is 0 Å². The van der Waals surface area contributed by atoms with E-state index >= 15 is 0 Å². The lowest BCUT2D eigenvalue weighted by Crippen LogP contribution is -2.38. The monoisotopic (exact) mass is 287 g/mol. The van der Waals surface area contributed by atoms with E-state index in [9.17, 15) is 4.79 Å². The van der Waals surface area contributed by atoms with Crippen LogP contribution in [0.2, 0.25) is 0 Å². The van der Waals surface area contributed by atoms with Gasteiger partial charge >= 0.3 is 0 Å². The molecule has 0 aliphatic heterocycles. The number of ether oxygens (including phenoxy) is 1. The number of fused-ring (bicyclic) bond motifs is 1. The Kier molecular flexibility index (Phi) is 3.82. The molecule has 1 aromatic carbocycles. The molecule has 0 saturated heterocycles. The fourth-order valence-corrected chi connectivity index (χ4v) is 3.06. The molecule has 0 unspecified atom stereocenters. The van der Waals surface area contributed by atoms with E-state index in [2.05, 4.69) is 22.4 Å². The highest BCUT2D eigenvalue weighted by Gasteiger charge is 2.23. The van der Waals surface area contributed by atoms with Crippen molar-refractivity contribution in [2.24, 2.45) is 0 Å². The van der Waals surface area contributed by atoms with Gasteiger partial charge in [-0.15, -0.1) is 0 Å². The summed E-state index contributed by atoms with van der Waals surface area (Å²) < 4.78 is 6.16. The molecule has 0 spiro atoms. The summed E-state index contributed by atoms with van der Waals surface area (Å²) in [5, 5.41) is 11.1. The summed E-state index contributed by atoms with van der Waals surface area (Å²) in [6.45, 7) is 3.64. The van der Waals surface area contributed by atoms with Crippen LogP contribution in [0.3, 0.4) is 0 Å². The second-order valence-electron chi connectivity index (χ2n) is 5.81. The van der Waals surface area contributed by atoms with Crippen molar-refractivity contribution in [3.63, 3.8) is 0 Å². The highest BCUT2D eigenvalue weighted by molar-refractivity contribution is 5.83. The van der Waals surface area contributed by atoms with Crippen molar-refractivity contribution < 1.29 is 9.53 Å². The number of nitrogens with one attached hydrogen (secondary N) is 2. The van der Waals surface area contributed by atoms with Gasteiger partial charge in [-0.2, -0.15) is 5.10 Å². The van der Waals surface area contributed by atoms with Gasteiger partial charge in [0.25, 0.3) is 0 Å². The Morgan fingerprint density at radius 1 is 1.33 bits per heavy atom. The van der Waals surface area contributed by atoms with Crippen LogP contribution in [-0.4, -0.2) is 28.3 Å². The Morgan fingerprint density at radius 3 is 2.81 bits per heavy atom. The molecule has 3 rings (SSSR count). The first-order chi connectivity index (χ1) is 10.1. The van der Waals surface area contributed by atoms with E-state index in [1.807, 2.05) is 18.3 Å². The van der Waals surface area contributed by atoms with Gasteiger partial charge in [0.05, 0.1) is 17.8 Å². The highest BCUT2D eigenvalue weighted by Crippen LogP contribution is 2.29. The van der Waals surface area contributed by atoms with Crippen LogP contribution in [0.25, 0.3) is 10.9 Å². The summed E-state index contributed by atoms with van der Waals surface area (Å²) in [7, 11) is 0. The van der Waals surface area contributed by atoms with E-state index in [1.54, 1.807) is 6.92 Å². The summed E-state index contributed by atoms with van der Waals surface area (Å²) in [4.78, 5) is 11.1. The summed E-state index contributed by atoms with van der Waals surface area (Å²) in [6.07, 6.45) is 6.00. The maximum Gasteiger partial charge on any atom is 0.217 e. The second-order valence-corrected chi connectivity index (χ2v) is 5.81. The zero-order valence-corrected chi connectivity index (χ0v) is 12.5. The van der Waals surface area contributed by atoms with Crippen molar-refractivity contribution >= 4 is 16.8 Å². The van der Waals surface area contributed by atoms with Crippen LogP contribution in [0, 0.1) is 6.92 Å². The lowest BCUT2D eigenvalue weighted by Gasteiger charge is -2.29. The maximum absolute atomic E-state index is 11.1. The lowest BCUT2D eigenvalue weighted by atomic mass is 9.93. The lowest BCUT2D eigenvalue weighted by molar-refractivity contribution is -0.120. The van der Waals surface area contributed by atoms with Crippen LogP contribution < -0.4 is 10.1 Å². The molecule has 2 N–H and O–H groups in total. The summed E-state index contributed by atoms with van der Waals surface area (Å²) >= 11 is 0. The number of carbonyl (C=O) groups excluding carboxylic acids is 1. The zero-order chi connectivity index (χ0) is 14.8. The molecule has 0 radical (unpaired) electrons. The Balaban J connectivity index is 1.64. The van der Waals surface area contributed by atoms with Crippen molar-refractivity contribution in [2.75, 3.05) is 0 Å². The summed E-state index contributed by atoms with van der Waals surface area (Å²) in [5.41, 5.74) is 2.17. The Hall–Kier alpha value is -2.04. The van der Waals surface area contributed by atoms with Crippen molar-refractivity contribution in [3.8, 4) is 5.75 Å². The molecule has 5 heteroatoms. The molecule has 2 aromatic rings. The van der Waals surface area contributed by atoms with Crippen LogP contribution in [0.1, 0.15) is 38.2 Å². The molecule has 1 aromatic heterocycles. The van der Waals surface area contributed by atoms with E-state index in [0.29, 0.717) is 6.04 Å². The van der Waals surface area contributed by atoms with Crippen molar-refractivity contribution in [3.05, 3.63) is 23.9 Å². The van der Waals surface area contributed by atoms with Gasteiger partial charge < -0.3 is 10.1 Å². The molecule has 21 heavy (non-hydrogen) atoms. The SMILES string of the molecule is CC(=O)NC1CCC(Oc2ccc3[nH]ncc3c2C)CC1. The first kappa shape index (κ1) is 13.9. The van der Waals surface area contributed by atoms with Crippen molar-refractivity contribution in [2.45, 2.75) is 51.7 Å². The minimum Gasteiger partial charge on any atom is -0.490 e. The van der Waals surface area contributed by atoms with Gasteiger partial charge in [0, 0.05) is 23.9 Å². The van der Waals surface area contributed by atoms with Gasteiger partial charge in [0.1, 0.15) is 5.75 Å². The summed E-state index contributed by atoms with van der Waals surface area (Å²) in [5.74, 6) is 0.993. The average molecular weight is 287 g/mol. The van der Waals surface area contributed by atoms with Crippen LogP contribution in [-0.2, 0) is 4.79 Å². The van der Waals surface area contributed by atoms with E-state index in [-0.39, 0.29) is 12.0 Å². The Morgan fingerprint density at radius 2 is 2.10 bits per heavy atom. The zero-order valence-electron chi connectivity index (χ0n) is 12.5. The third-order valence-corrected chi connectivity index (χ3v) is 4.22. The molecule has 1 saturated carbocycles. The van der Waals surface area contributed by atoms with Crippen LogP contribution in [0.5, 0.6) is 5.75 Å². The number of hydrogen-bond acceptors (Lipinski definition) is 3. The van der Waals surface area contributed by atoms with Gasteiger partial charge in [-0.05, 0) is 44.7 Å². The first-order valence-electron chi connectivity index (χ1n) is 7.50. The molecule has 112 valence electrons. The number of amides is 1. The van der Waals surface area contributed by atoms with Gasteiger partial charge in [-0.3, -0.25) is 9.89 Å². The summed E-state index contributed by atoms with van der Waals surface area (Å²) in [6, 6.07) is 4.32. The number of nitrogens with zero attached hydrogens (tertiary/aromatic N) is 1. The molecular formula is C16H21N3O2. The van der Waals surface area contributed by atoms with E-state index in [0.717, 1.165) is 47.9 Å². The molecule has 1 fully saturated rings. The van der Waals surface area contributed by atoms with Crippen LogP contribution in [0.15, 0.2) is 18.3 Å². The third-order valence-electron chi connectivity index (χ3n) is 4.22. The number of hydrogen-bond donors (Lipinski definition) is 2. The predicted octanol–water partition coefficient (Wildman–Crippen LogP) is 2.70. The first-order valence-corrected chi connectivity index (χ1v) is 7.50. The Labute approximate surface area is 124 Å². The van der Waals surface area contributed by atoms with E-state index < -0.39 is 0 Å². The number of benzene rings is 1. The molecule has 1 aliphatic carbocycles. The molecule has 1 aliphatic rings. The quantitative estimate of drug-likeness (QED) is 0.912.